The van der Waals surface area contributed by atoms with Crippen LogP contribution in [0.2, 0.25) is 0 Å². The van der Waals surface area contributed by atoms with Crippen molar-refractivity contribution in [2.45, 2.75) is 20.3 Å². The molecule has 0 radical (unpaired) electrons. The fraction of sp³-hybridized carbons (Fsp3) is 0.167. The van der Waals surface area contributed by atoms with E-state index in [1.807, 2.05) is 18.2 Å². The average Bonchev–Trinajstić information content (AvgIpc) is 2.86. The Morgan fingerprint density at radius 2 is 1.86 bits per heavy atom. The molecule has 1 heterocycles. The molecule has 2 N–H and O–H groups in total. The number of aromatic amines is 1. The van der Waals surface area contributed by atoms with Gasteiger partial charge in [0, 0.05) is 17.1 Å². The zero-order valence-corrected chi connectivity index (χ0v) is 12.1. The second-order valence-electron chi connectivity index (χ2n) is 5.35. The largest absolute Gasteiger partial charge is 0.481 e. The smallest absolute Gasteiger partial charge is 0.307 e. The summed E-state index contributed by atoms with van der Waals surface area (Å²) in [5, 5.41) is 10.0. The number of carbonyl (C=O) groups is 1. The minimum absolute atomic E-state index is 0.0384. The molecule has 3 rings (SSSR count). The number of aryl methyl sites for hydroxylation is 1. The highest BCUT2D eigenvalue weighted by Gasteiger charge is 2.14. The maximum atomic E-state index is 11.0. The number of aliphatic carboxylic acids is 1. The number of carboxylic acid groups (broad SMARTS) is 1. The predicted octanol–water partition coefficient (Wildman–Crippen LogP) is 4.08. The lowest BCUT2D eigenvalue weighted by Crippen LogP contribution is -1.99. The molecular weight excluding hydrogens is 262 g/mol. The van der Waals surface area contributed by atoms with E-state index in [0.717, 1.165) is 27.6 Å². The van der Waals surface area contributed by atoms with Gasteiger partial charge in [0.1, 0.15) is 0 Å². The van der Waals surface area contributed by atoms with Crippen LogP contribution < -0.4 is 0 Å². The summed E-state index contributed by atoms with van der Waals surface area (Å²) < 4.78 is 0. The van der Waals surface area contributed by atoms with Gasteiger partial charge in [-0.3, -0.25) is 4.79 Å². The van der Waals surface area contributed by atoms with Gasteiger partial charge < -0.3 is 10.1 Å². The fourth-order valence-corrected chi connectivity index (χ4v) is 2.82. The molecule has 0 saturated heterocycles. The van der Waals surface area contributed by atoms with Crippen LogP contribution in [0.5, 0.6) is 0 Å². The molecule has 0 atom stereocenters. The maximum Gasteiger partial charge on any atom is 0.307 e. The standard InChI is InChI=1S/C18H17NO2/c1-11-12(2)18-16(14(10-19-18)8-17(20)21)9-15(11)13-6-4-3-5-7-13/h3-7,9-10,19H,8H2,1-2H3,(H,20,21). The van der Waals surface area contributed by atoms with Crippen molar-refractivity contribution in [1.29, 1.82) is 0 Å². The van der Waals surface area contributed by atoms with Gasteiger partial charge in [-0.05, 0) is 47.7 Å². The molecule has 0 saturated carbocycles. The number of aromatic nitrogens is 1. The number of rotatable bonds is 3. The van der Waals surface area contributed by atoms with Gasteiger partial charge in [-0.1, -0.05) is 30.3 Å². The molecule has 21 heavy (non-hydrogen) atoms. The highest BCUT2D eigenvalue weighted by Crippen LogP contribution is 2.33. The van der Waals surface area contributed by atoms with Crippen molar-refractivity contribution in [3.63, 3.8) is 0 Å². The minimum atomic E-state index is -0.810. The SMILES string of the molecule is Cc1c(-c2ccccc2)cc2c(CC(=O)O)c[nH]c2c1C. The van der Waals surface area contributed by atoms with Gasteiger partial charge in [0.15, 0.2) is 0 Å². The molecule has 0 fully saturated rings. The topological polar surface area (TPSA) is 53.1 Å². The maximum absolute atomic E-state index is 11.0. The van der Waals surface area contributed by atoms with Gasteiger partial charge in [0.05, 0.1) is 6.42 Å². The van der Waals surface area contributed by atoms with E-state index in [1.165, 1.54) is 11.1 Å². The van der Waals surface area contributed by atoms with Crippen LogP contribution in [-0.4, -0.2) is 16.1 Å². The Hall–Kier alpha value is -2.55. The molecule has 0 spiro atoms. The summed E-state index contributed by atoms with van der Waals surface area (Å²) in [6.07, 6.45) is 1.84. The minimum Gasteiger partial charge on any atom is -0.481 e. The van der Waals surface area contributed by atoms with Gasteiger partial charge in [-0.25, -0.2) is 0 Å². The van der Waals surface area contributed by atoms with Gasteiger partial charge in [0.25, 0.3) is 0 Å². The molecule has 3 aromatic rings. The number of fused-ring (bicyclic) bond motifs is 1. The van der Waals surface area contributed by atoms with Crippen LogP contribution in [0.15, 0.2) is 42.6 Å². The molecule has 3 heteroatoms. The summed E-state index contributed by atoms with van der Waals surface area (Å²) in [6, 6.07) is 12.3. The number of nitrogens with one attached hydrogen (secondary N) is 1. The summed E-state index contributed by atoms with van der Waals surface area (Å²) in [5.41, 5.74) is 6.57. The Morgan fingerprint density at radius 1 is 1.14 bits per heavy atom. The highest BCUT2D eigenvalue weighted by atomic mass is 16.4. The lowest BCUT2D eigenvalue weighted by atomic mass is 9.93. The summed E-state index contributed by atoms with van der Waals surface area (Å²) in [5.74, 6) is -0.810. The van der Waals surface area contributed by atoms with E-state index in [2.05, 4.69) is 37.0 Å². The van der Waals surface area contributed by atoms with Crippen molar-refractivity contribution in [2.75, 3.05) is 0 Å². The first-order chi connectivity index (χ1) is 10.1. The van der Waals surface area contributed by atoms with Gasteiger partial charge in [0.2, 0.25) is 0 Å². The first-order valence-corrected chi connectivity index (χ1v) is 6.95. The molecule has 0 unspecified atom stereocenters. The third-order valence-electron chi connectivity index (χ3n) is 4.06. The van der Waals surface area contributed by atoms with Crippen molar-refractivity contribution in [1.82, 2.24) is 4.98 Å². The van der Waals surface area contributed by atoms with Gasteiger partial charge in [-0.15, -0.1) is 0 Å². The number of hydrogen-bond acceptors (Lipinski definition) is 1. The molecular formula is C18H17NO2. The molecule has 0 amide bonds. The Balaban J connectivity index is 2.26. The van der Waals surface area contributed by atoms with E-state index < -0.39 is 5.97 Å². The van der Waals surface area contributed by atoms with E-state index in [1.54, 1.807) is 6.20 Å². The predicted molar refractivity (Wildman–Crippen MR) is 84.5 cm³/mol. The number of H-pyrrole nitrogens is 1. The zero-order valence-electron chi connectivity index (χ0n) is 12.1. The van der Waals surface area contributed by atoms with Crippen LogP contribution in [0.25, 0.3) is 22.0 Å². The Labute approximate surface area is 123 Å². The van der Waals surface area contributed by atoms with Gasteiger partial charge >= 0.3 is 5.97 Å². The second-order valence-corrected chi connectivity index (χ2v) is 5.35. The molecule has 1 aromatic heterocycles. The van der Waals surface area contributed by atoms with Crippen LogP contribution in [0.3, 0.4) is 0 Å². The first-order valence-electron chi connectivity index (χ1n) is 6.95. The Morgan fingerprint density at radius 3 is 2.52 bits per heavy atom. The van der Waals surface area contributed by atoms with Crippen molar-refractivity contribution < 1.29 is 9.90 Å². The molecule has 2 aromatic carbocycles. The third-order valence-corrected chi connectivity index (χ3v) is 4.06. The molecule has 0 aliphatic carbocycles. The van der Waals surface area contributed by atoms with E-state index in [0.29, 0.717) is 0 Å². The van der Waals surface area contributed by atoms with E-state index >= 15 is 0 Å². The lowest BCUT2D eigenvalue weighted by molar-refractivity contribution is -0.136. The van der Waals surface area contributed by atoms with Crippen molar-refractivity contribution >= 4 is 16.9 Å². The van der Waals surface area contributed by atoms with Crippen LogP contribution in [-0.2, 0) is 11.2 Å². The average molecular weight is 279 g/mol. The molecule has 3 nitrogen and oxygen atoms in total. The number of benzene rings is 2. The first kappa shape index (κ1) is 13.4. The van der Waals surface area contributed by atoms with E-state index in [-0.39, 0.29) is 6.42 Å². The molecule has 0 aliphatic rings. The highest BCUT2D eigenvalue weighted by molar-refractivity contribution is 5.94. The normalized spacial score (nSPS) is 11.0. The Kier molecular flexibility index (Phi) is 3.26. The number of hydrogen-bond donors (Lipinski definition) is 2. The Bertz CT molecular complexity index is 816. The number of carboxylic acids is 1. The second kappa shape index (κ2) is 5.09. The van der Waals surface area contributed by atoms with Crippen LogP contribution in [0.1, 0.15) is 16.7 Å². The van der Waals surface area contributed by atoms with Crippen LogP contribution in [0, 0.1) is 13.8 Å². The van der Waals surface area contributed by atoms with Crippen molar-refractivity contribution in [2.24, 2.45) is 0 Å². The van der Waals surface area contributed by atoms with E-state index in [4.69, 9.17) is 5.11 Å². The van der Waals surface area contributed by atoms with Crippen LogP contribution >= 0.6 is 0 Å². The zero-order chi connectivity index (χ0) is 15.0. The summed E-state index contributed by atoms with van der Waals surface area (Å²) in [6.45, 7) is 4.18. The van der Waals surface area contributed by atoms with Crippen molar-refractivity contribution in [3.05, 3.63) is 59.3 Å². The molecule has 0 bridgehead atoms. The van der Waals surface area contributed by atoms with Crippen molar-refractivity contribution in [3.8, 4) is 11.1 Å². The summed E-state index contributed by atoms with van der Waals surface area (Å²) in [4.78, 5) is 14.2. The van der Waals surface area contributed by atoms with Gasteiger partial charge in [-0.2, -0.15) is 0 Å². The monoisotopic (exact) mass is 279 g/mol. The van der Waals surface area contributed by atoms with E-state index in [9.17, 15) is 4.79 Å². The third kappa shape index (κ3) is 2.31. The molecule has 0 aliphatic heterocycles. The quantitative estimate of drug-likeness (QED) is 0.759. The fourth-order valence-electron chi connectivity index (χ4n) is 2.82. The summed E-state index contributed by atoms with van der Waals surface area (Å²) in [7, 11) is 0. The lowest BCUT2D eigenvalue weighted by Gasteiger charge is -2.11. The van der Waals surface area contributed by atoms with Crippen LogP contribution in [0.4, 0.5) is 0 Å². The summed E-state index contributed by atoms with van der Waals surface area (Å²) >= 11 is 0. The molecule has 106 valence electrons.